The third kappa shape index (κ3) is 7.84. The van der Waals surface area contributed by atoms with Crippen molar-refractivity contribution in [3.8, 4) is 5.75 Å². The van der Waals surface area contributed by atoms with E-state index in [1.54, 1.807) is 0 Å². The Hall–Kier alpha value is -3.52. The van der Waals surface area contributed by atoms with Gasteiger partial charge in [0.25, 0.3) is 5.91 Å². The molecule has 1 unspecified atom stereocenters. The van der Waals surface area contributed by atoms with E-state index >= 15 is 0 Å². The van der Waals surface area contributed by atoms with Gasteiger partial charge < -0.3 is 14.8 Å². The van der Waals surface area contributed by atoms with Crippen molar-refractivity contribution in [2.45, 2.75) is 12.3 Å². The summed E-state index contributed by atoms with van der Waals surface area (Å²) < 4.78 is 49.8. The molecule has 174 valence electrons. The molecule has 0 heterocycles. The number of hydrogen-bond donors (Lipinski definition) is 1. The van der Waals surface area contributed by atoms with Crippen LogP contribution in [0.15, 0.2) is 85.5 Å². The van der Waals surface area contributed by atoms with Gasteiger partial charge in [-0.2, -0.15) is 13.2 Å². The molecule has 0 saturated carbocycles. The predicted molar refractivity (Wildman–Crippen MR) is 119 cm³/mol. The van der Waals surface area contributed by atoms with E-state index in [0.717, 1.165) is 12.1 Å². The van der Waals surface area contributed by atoms with Crippen molar-refractivity contribution in [1.82, 2.24) is 5.32 Å². The van der Waals surface area contributed by atoms with Gasteiger partial charge in [0.2, 0.25) is 6.10 Å². The zero-order chi connectivity index (χ0) is 24.4. The molecule has 5 nitrogen and oxygen atoms in total. The summed E-state index contributed by atoms with van der Waals surface area (Å²) in [4.78, 5) is 24.7. The van der Waals surface area contributed by atoms with Crippen molar-refractivity contribution in [3.05, 3.63) is 102 Å². The smallest absolute Gasteiger partial charge is 0.416 e. The summed E-state index contributed by atoms with van der Waals surface area (Å²) in [5.41, 5.74) is -0.312. The second-order valence-electron chi connectivity index (χ2n) is 6.56. The Morgan fingerprint density at radius 1 is 1.12 bits per heavy atom. The highest BCUT2D eigenvalue weighted by Crippen LogP contribution is 2.33. The van der Waals surface area contributed by atoms with Crippen LogP contribution in [0.3, 0.4) is 0 Å². The summed E-state index contributed by atoms with van der Waals surface area (Å²) >= 11 is 5.88. The van der Waals surface area contributed by atoms with Crippen LogP contribution < -0.4 is 10.1 Å². The van der Waals surface area contributed by atoms with Gasteiger partial charge in [-0.15, -0.1) is 0 Å². The van der Waals surface area contributed by atoms with E-state index in [1.807, 2.05) is 0 Å². The van der Waals surface area contributed by atoms with Gasteiger partial charge in [0.1, 0.15) is 12.4 Å². The number of alkyl halides is 3. The zero-order valence-electron chi connectivity index (χ0n) is 17.4. The quantitative estimate of drug-likeness (QED) is 0.213. The number of halogens is 4. The summed E-state index contributed by atoms with van der Waals surface area (Å²) in [6, 6.07) is 10.2. The van der Waals surface area contributed by atoms with Crippen LogP contribution in [0, 0.1) is 0 Å². The monoisotopic (exact) mass is 479 g/mol. The van der Waals surface area contributed by atoms with Gasteiger partial charge in [-0.05, 0) is 30.3 Å². The highest BCUT2D eigenvalue weighted by atomic mass is 35.5. The summed E-state index contributed by atoms with van der Waals surface area (Å²) in [6.45, 7) is 6.82. The van der Waals surface area contributed by atoms with Gasteiger partial charge >= 0.3 is 12.1 Å². The number of nitrogens with one attached hydrogen (secondary N) is 1. The van der Waals surface area contributed by atoms with E-state index in [4.69, 9.17) is 21.1 Å². The average molecular weight is 480 g/mol. The number of ether oxygens (including phenoxy) is 2. The third-order valence-electron chi connectivity index (χ3n) is 4.21. The van der Waals surface area contributed by atoms with Crippen molar-refractivity contribution in [2.24, 2.45) is 0 Å². The standard InChI is InChI=1S/C24H21ClF3NO4/c1-3-6-16(4-2)22(30)29-13-14-32-23(31)21(17-9-11-19(25)12-10-17)33-20-8-5-7-18(15-20)24(26,27)28/h3-12,15,21H,1-2,13-14H2,(H,29,30). The number of allylic oxidation sites excluding steroid dienone is 2. The molecule has 33 heavy (non-hydrogen) atoms. The second-order valence-corrected chi connectivity index (χ2v) is 7.00. The van der Waals surface area contributed by atoms with Crippen molar-refractivity contribution < 1.29 is 32.2 Å². The van der Waals surface area contributed by atoms with Gasteiger partial charge in [-0.25, -0.2) is 4.79 Å². The molecule has 0 spiro atoms. The normalized spacial score (nSPS) is 12.4. The molecule has 0 saturated heterocycles. The molecule has 1 amide bonds. The highest BCUT2D eigenvalue weighted by molar-refractivity contribution is 6.30. The van der Waals surface area contributed by atoms with Crippen molar-refractivity contribution in [2.75, 3.05) is 13.2 Å². The maximum absolute atomic E-state index is 13.0. The SMILES string of the molecule is C=CC=C(C=C)C(=O)NCCOC(=O)C(Oc1cccc(C(F)(F)F)c1)c1ccc(Cl)cc1. The fourth-order valence-electron chi connectivity index (χ4n) is 2.63. The minimum atomic E-state index is -4.57. The first kappa shape index (κ1) is 25.7. The van der Waals surface area contributed by atoms with E-state index < -0.39 is 29.7 Å². The molecule has 1 atom stereocenters. The minimum Gasteiger partial charge on any atom is -0.474 e. The maximum Gasteiger partial charge on any atom is 0.416 e. The molecule has 0 fully saturated rings. The Morgan fingerprint density at radius 3 is 2.42 bits per heavy atom. The van der Waals surface area contributed by atoms with Crippen molar-refractivity contribution in [3.63, 3.8) is 0 Å². The molecule has 0 aliphatic rings. The molecule has 0 aromatic heterocycles. The van der Waals surface area contributed by atoms with Crippen LogP contribution in [-0.2, 0) is 20.5 Å². The van der Waals surface area contributed by atoms with E-state index in [2.05, 4.69) is 18.5 Å². The lowest BCUT2D eigenvalue weighted by Gasteiger charge is -2.19. The lowest BCUT2D eigenvalue weighted by Crippen LogP contribution is -2.30. The first-order valence-electron chi connectivity index (χ1n) is 9.65. The zero-order valence-corrected chi connectivity index (χ0v) is 18.2. The molecule has 0 radical (unpaired) electrons. The van der Waals surface area contributed by atoms with Crippen LogP contribution in [0.4, 0.5) is 13.2 Å². The lowest BCUT2D eigenvalue weighted by atomic mass is 10.1. The molecule has 2 aromatic carbocycles. The van der Waals surface area contributed by atoms with Gasteiger partial charge in [0, 0.05) is 16.2 Å². The Labute approximate surface area is 194 Å². The fraction of sp³-hybridized carbons (Fsp3) is 0.167. The first-order valence-corrected chi connectivity index (χ1v) is 10.0. The van der Waals surface area contributed by atoms with Crippen molar-refractivity contribution >= 4 is 23.5 Å². The van der Waals surface area contributed by atoms with Crippen LogP contribution in [0.25, 0.3) is 0 Å². The number of benzene rings is 2. The summed E-state index contributed by atoms with van der Waals surface area (Å²) in [7, 11) is 0. The molecule has 0 bridgehead atoms. The third-order valence-corrected chi connectivity index (χ3v) is 4.47. The maximum atomic E-state index is 13.0. The minimum absolute atomic E-state index is 0.0101. The van der Waals surface area contributed by atoms with Crippen molar-refractivity contribution in [1.29, 1.82) is 0 Å². The first-order chi connectivity index (χ1) is 15.7. The van der Waals surface area contributed by atoms with Crippen LogP contribution in [-0.4, -0.2) is 25.0 Å². The van der Waals surface area contributed by atoms with Gasteiger partial charge in [-0.3, -0.25) is 4.79 Å². The number of amides is 1. The number of carbonyl (C=O) groups excluding carboxylic acids is 2. The second kappa shape index (κ2) is 11.9. The van der Waals surface area contributed by atoms with E-state index in [-0.39, 0.29) is 24.5 Å². The van der Waals surface area contributed by atoms with Crippen LogP contribution in [0.1, 0.15) is 17.2 Å². The van der Waals surface area contributed by atoms with Crippen LogP contribution in [0.2, 0.25) is 5.02 Å². The molecule has 1 N–H and O–H groups in total. The molecule has 0 aliphatic carbocycles. The number of rotatable bonds is 10. The number of carbonyl (C=O) groups is 2. The molecule has 9 heteroatoms. The van der Waals surface area contributed by atoms with E-state index in [9.17, 15) is 22.8 Å². The molecule has 0 aliphatic heterocycles. The molecular weight excluding hydrogens is 459 g/mol. The summed E-state index contributed by atoms with van der Waals surface area (Å²) in [5.74, 6) is -1.45. The summed E-state index contributed by atoms with van der Waals surface area (Å²) in [5, 5.41) is 2.95. The van der Waals surface area contributed by atoms with Gasteiger partial charge in [-0.1, -0.05) is 61.2 Å². The fourth-order valence-corrected chi connectivity index (χ4v) is 2.75. The Kier molecular flexibility index (Phi) is 9.30. The van der Waals surface area contributed by atoms with Gasteiger partial charge in [0.05, 0.1) is 12.1 Å². The molecular formula is C24H21ClF3NO4. The van der Waals surface area contributed by atoms with E-state index in [1.165, 1.54) is 54.6 Å². The Balaban J connectivity index is 2.11. The average Bonchev–Trinajstić information content (AvgIpc) is 2.78. The lowest BCUT2D eigenvalue weighted by molar-refractivity contribution is -0.152. The molecule has 2 aromatic rings. The highest BCUT2D eigenvalue weighted by Gasteiger charge is 2.31. The largest absolute Gasteiger partial charge is 0.474 e. The predicted octanol–water partition coefficient (Wildman–Crippen LogP) is 5.44. The Morgan fingerprint density at radius 2 is 1.82 bits per heavy atom. The topological polar surface area (TPSA) is 64.6 Å². The number of esters is 1. The van der Waals surface area contributed by atoms with E-state index in [0.29, 0.717) is 10.6 Å². The summed E-state index contributed by atoms with van der Waals surface area (Å²) in [6.07, 6.45) is -1.68. The van der Waals surface area contributed by atoms with Gasteiger partial charge in [0.15, 0.2) is 0 Å². The Bertz CT molecular complexity index is 1030. The molecule has 2 rings (SSSR count). The van der Waals surface area contributed by atoms with Crippen LogP contribution in [0.5, 0.6) is 5.75 Å². The number of hydrogen-bond acceptors (Lipinski definition) is 4. The van der Waals surface area contributed by atoms with Crippen LogP contribution >= 0.6 is 11.6 Å².